The van der Waals surface area contributed by atoms with Gasteiger partial charge in [-0.1, -0.05) is 22.9 Å². The molecule has 0 spiro atoms. The van der Waals surface area contributed by atoms with E-state index in [9.17, 15) is 4.79 Å². The van der Waals surface area contributed by atoms with E-state index in [1.807, 2.05) is 37.3 Å². The maximum atomic E-state index is 12.5. The first-order chi connectivity index (χ1) is 13.5. The first kappa shape index (κ1) is 20.7. The minimum atomic E-state index is -0.581. The lowest BCUT2D eigenvalue weighted by Gasteiger charge is -2.35. The maximum Gasteiger partial charge on any atom is 0.265 e. The van der Waals surface area contributed by atoms with E-state index >= 15 is 0 Å². The van der Waals surface area contributed by atoms with E-state index in [-0.39, 0.29) is 5.91 Å². The van der Waals surface area contributed by atoms with Crippen LogP contribution in [0.2, 0.25) is 0 Å². The highest BCUT2D eigenvalue weighted by atomic mass is 79.9. The number of benzene rings is 2. The number of halogens is 1. The Bertz CT molecular complexity index is 802. The van der Waals surface area contributed by atoms with E-state index in [1.54, 1.807) is 6.92 Å². The predicted molar refractivity (Wildman–Crippen MR) is 118 cm³/mol. The average molecular weight is 446 g/mol. The van der Waals surface area contributed by atoms with E-state index in [0.29, 0.717) is 5.75 Å². The fourth-order valence-electron chi connectivity index (χ4n) is 3.31. The van der Waals surface area contributed by atoms with Crippen LogP contribution in [0.3, 0.4) is 0 Å². The molecule has 0 saturated carbocycles. The van der Waals surface area contributed by atoms with E-state index in [4.69, 9.17) is 4.74 Å². The number of nitrogens with zero attached hydrogens (tertiary/aromatic N) is 2. The summed E-state index contributed by atoms with van der Waals surface area (Å²) in [6, 6.07) is 13.7. The number of carbonyl (C=O) groups is 1. The second-order valence-electron chi connectivity index (χ2n) is 7.12. The number of carbonyl (C=O) groups excluding carboxylic acids is 1. The first-order valence-electron chi connectivity index (χ1n) is 9.77. The SMILES string of the molecule is CCN1CCN(c2ccc(NC(=O)C(C)Oc3ccc(Br)cc3)c(C)c2)CC1. The number of amides is 1. The van der Waals surface area contributed by atoms with Crippen LogP contribution in [0.25, 0.3) is 0 Å². The van der Waals surface area contributed by atoms with Crippen LogP contribution in [0.1, 0.15) is 19.4 Å². The fourth-order valence-corrected chi connectivity index (χ4v) is 3.58. The topological polar surface area (TPSA) is 44.8 Å². The van der Waals surface area contributed by atoms with Gasteiger partial charge in [0.15, 0.2) is 6.10 Å². The number of piperazine rings is 1. The van der Waals surface area contributed by atoms with Crippen LogP contribution < -0.4 is 15.0 Å². The molecule has 0 bridgehead atoms. The number of aryl methyl sites for hydroxylation is 1. The molecule has 0 aromatic heterocycles. The Balaban J connectivity index is 1.59. The molecule has 3 rings (SSSR count). The Labute approximate surface area is 175 Å². The van der Waals surface area contributed by atoms with Crippen LogP contribution in [0.4, 0.5) is 11.4 Å². The normalized spacial score (nSPS) is 15.9. The van der Waals surface area contributed by atoms with E-state index in [2.05, 4.69) is 50.1 Å². The molecule has 5 nitrogen and oxygen atoms in total. The van der Waals surface area contributed by atoms with E-state index in [0.717, 1.165) is 48.4 Å². The average Bonchev–Trinajstić information content (AvgIpc) is 2.71. The summed E-state index contributed by atoms with van der Waals surface area (Å²) in [5.41, 5.74) is 3.09. The quantitative estimate of drug-likeness (QED) is 0.719. The van der Waals surface area contributed by atoms with Gasteiger partial charge >= 0.3 is 0 Å². The summed E-state index contributed by atoms with van der Waals surface area (Å²) in [7, 11) is 0. The van der Waals surface area contributed by atoms with Gasteiger partial charge < -0.3 is 19.9 Å². The van der Waals surface area contributed by atoms with Crippen LogP contribution in [0, 0.1) is 6.92 Å². The Morgan fingerprint density at radius 2 is 1.82 bits per heavy atom. The van der Waals surface area contributed by atoms with Crippen LogP contribution in [0.5, 0.6) is 5.75 Å². The van der Waals surface area contributed by atoms with Gasteiger partial charge in [-0.3, -0.25) is 4.79 Å². The van der Waals surface area contributed by atoms with E-state index in [1.165, 1.54) is 5.69 Å². The molecule has 150 valence electrons. The van der Waals surface area contributed by atoms with Gasteiger partial charge in [0, 0.05) is 42.0 Å². The van der Waals surface area contributed by atoms with Gasteiger partial charge in [-0.05, 0) is 68.4 Å². The van der Waals surface area contributed by atoms with Crippen LogP contribution >= 0.6 is 15.9 Å². The van der Waals surface area contributed by atoms with Gasteiger partial charge in [-0.25, -0.2) is 0 Å². The van der Waals surface area contributed by atoms with Gasteiger partial charge in [0.05, 0.1) is 0 Å². The molecular weight excluding hydrogens is 418 g/mol. The van der Waals surface area contributed by atoms with Crippen molar-refractivity contribution in [2.75, 3.05) is 42.9 Å². The molecule has 1 aliphatic heterocycles. The zero-order valence-corrected chi connectivity index (χ0v) is 18.3. The summed E-state index contributed by atoms with van der Waals surface area (Å²) >= 11 is 3.39. The monoisotopic (exact) mass is 445 g/mol. The molecule has 0 aliphatic carbocycles. The molecule has 1 unspecified atom stereocenters. The molecule has 28 heavy (non-hydrogen) atoms. The van der Waals surface area contributed by atoms with Crippen molar-refractivity contribution in [3.05, 3.63) is 52.5 Å². The van der Waals surface area contributed by atoms with Gasteiger partial charge in [0.2, 0.25) is 0 Å². The number of anilines is 2. The minimum absolute atomic E-state index is 0.157. The molecule has 1 heterocycles. The molecule has 2 aromatic carbocycles. The lowest BCUT2D eigenvalue weighted by Crippen LogP contribution is -2.46. The molecule has 1 aliphatic rings. The first-order valence-corrected chi connectivity index (χ1v) is 10.6. The van der Waals surface area contributed by atoms with Crippen molar-refractivity contribution in [3.8, 4) is 5.75 Å². The largest absolute Gasteiger partial charge is 0.481 e. The Kier molecular flexibility index (Phi) is 6.97. The summed E-state index contributed by atoms with van der Waals surface area (Å²) in [4.78, 5) is 17.4. The Morgan fingerprint density at radius 1 is 1.14 bits per heavy atom. The second-order valence-corrected chi connectivity index (χ2v) is 8.04. The second kappa shape index (κ2) is 9.43. The third-order valence-corrected chi connectivity index (χ3v) is 5.68. The smallest absolute Gasteiger partial charge is 0.265 e. The summed E-state index contributed by atoms with van der Waals surface area (Å²) in [5.74, 6) is 0.513. The summed E-state index contributed by atoms with van der Waals surface area (Å²) in [6.45, 7) is 11.4. The highest BCUT2D eigenvalue weighted by Crippen LogP contribution is 2.24. The lowest BCUT2D eigenvalue weighted by molar-refractivity contribution is -0.122. The number of nitrogens with one attached hydrogen (secondary N) is 1. The Hall–Kier alpha value is -2.05. The van der Waals surface area contributed by atoms with Crippen LogP contribution in [-0.4, -0.2) is 49.6 Å². The molecular formula is C22H28BrN3O2. The molecule has 2 aromatic rings. The van der Waals surface area contributed by atoms with Crippen molar-refractivity contribution >= 4 is 33.2 Å². The molecule has 1 saturated heterocycles. The zero-order chi connectivity index (χ0) is 20.1. The fraction of sp³-hybridized carbons (Fsp3) is 0.409. The van der Waals surface area contributed by atoms with Gasteiger partial charge in [-0.2, -0.15) is 0 Å². The van der Waals surface area contributed by atoms with Crippen molar-refractivity contribution in [2.24, 2.45) is 0 Å². The highest BCUT2D eigenvalue weighted by Gasteiger charge is 2.18. The Morgan fingerprint density at radius 3 is 2.43 bits per heavy atom. The number of hydrogen-bond donors (Lipinski definition) is 1. The third kappa shape index (κ3) is 5.26. The lowest BCUT2D eigenvalue weighted by atomic mass is 10.1. The minimum Gasteiger partial charge on any atom is -0.481 e. The van der Waals surface area contributed by atoms with E-state index < -0.39 is 6.10 Å². The molecule has 0 radical (unpaired) electrons. The third-order valence-electron chi connectivity index (χ3n) is 5.15. The van der Waals surface area contributed by atoms with Gasteiger partial charge in [0.25, 0.3) is 5.91 Å². The molecule has 6 heteroatoms. The van der Waals surface area contributed by atoms with Gasteiger partial charge in [-0.15, -0.1) is 0 Å². The molecule has 1 fully saturated rings. The van der Waals surface area contributed by atoms with Crippen molar-refractivity contribution in [2.45, 2.75) is 26.9 Å². The molecule has 1 N–H and O–H groups in total. The van der Waals surface area contributed by atoms with Crippen molar-refractivity contribution in [1.82, 2.24) is 4.90 Å². The van der Waals surface area contributed by atoms with Gasteiger partial charge in [0.1, 0.15) is 5.75 Å². The van der Waals surface area contributed by atoms with Crippen molar-refractivity contribution in [3.63, 3.8) is 0 Å². The summed E-state index contributed by atoms with van der Waals surface area (Å²) in [5, 5.41) is 2.99. The predicted octanol–water partition coefficient (Wildman–Crippen LogP) is 4.31. The standard InChI is InChI=1S/C22H28BrN3O2/c1-4-25-11-13-26(14-12-25)19-7-10-21(16(2)15-19)24-22(27)17(3)28-20-8-5-18(23)6-9-20/h5-10,15,17H,4,11-14H2,1-3H3,(H,24,27). The summed E-state index contributed by atoms with van der Waals surface area (Å²) < 4.78 is 6.71. The number of hydrogen-bond acceptors (Lipinski definition) is 4. The number of ether oxygens (including phenoxy) is 1. The van der Waals surface area contributed by atoms with Crippen molar-refractivity contribution in [1.29, 1.82) is 0 Å². The summed E-state index contributed by atoms with van der Waals surface area (Å²) in [6.07, 6.45) is -0.581. The zero-order valence-electron chi connectivity index (χ0n) is 16.7. The van der Waals surface area contributed by atoms with Crippen LogP contribution in [-0.2, 0) is 4.79 Å². The molecule has 1 amide bonds. The number of likely N-dealkylation sites (N-methyl/N-ethyl adjacent to an activating group) is 1. The maximum absolute atomic E-state index is 12.5. The molecule has 1 atom stereocenters. The highest BCUT2D eigenvalue weighted by molar-refractivity contribution is 9.10. The van der Waals surface area contributed by atoms with Crippen LogP contribution in [0.15, 0.2) is 46.9 Å². The van der Waals surface area contributed by atoms with Crippen molar-refractivity contribution < 1.29 is 9.53 Å². The number of rotatable bonds is 6.